The highest BCUT2D eigenvalue weighted by atomic mass is 15.2. The van der Waals surface area contributed by atoms with Crippen molar-refractivity contribution in [3.05, 3.63) is 30.1 Å². The second kappa shape index (κ2) is 6.72. The first kappa shape index (κ1) is 14.8. The van der Waals surface area contributed by atoms with Gasteiger partial charge in [-0.15, -0.1) is 0 Å². The van der Waals surface area contributed by atoms with E-state index in [1.807, 2.05) is 18.2 Å². The molecule has 2 aromatic heterocycles. The van der Waals surface area contributed by atoms with Crippen LogP contribution in [0.15, 0.2) is 24.4 Å². The number of fused-ring (bicyclic) bond motifs is 1. The van der Waals surface area contributed by atoms with E-state index in [4.69, 9.17) is 10.7 Å². The van der Waals surface area contributed by atoms with Crippen LogP contribution in [-0.2, 0) is 6.42 Å². The quantitative estimate of drug-likeness (QED) is 0.825. The summed E-state index contributed by atoms with van der Waals surface area (Å²) in [4.78, 5) is 9.19. The Balaban J connectivity index is 2.21. The summed E-state index contributed by atoms with van der Waals surface area (Å²) in [7, 11) is 6.31. The van der Waals surface area contributed by atoms with E-state index in [0.717, 1.165) is 37.4 Å². The number of imidazole rings is 1. The molecule has 110 valence electrons. The molecule has 2 N–H and O–H groups in total. The highest BCUT2D eigenvalue weighted by molar-refractivity contribution is 5.55. The summed E-state index contributed by atoms with van der Waals surface area (Å²) in [6.07, 6.45) is 4.03. The molecule has 0 aliphatic carbocycles. The summed E-state index contributed by atoms with van der Waals surface area (Å²) in [6.45, 7) is 2.73. The first-order valence-corrected chi connectivity index (χ1v) is 7.15. The molecule has 0 saturated heterocycles. The molecule has 20 heavy (non-hydrogen) atoms. The van der Waals surface area contributed by atoms with Crippen LogP contribution in [0.25, 0.3) is 5.65 Å². The van der Waals surface area contributed by atoms with E-state index in [1.54, 1.807) is 0 Å². The van der Waals surface area contributed by atoms with Crippen molar-refractivity contribution >= 4 is 11.5 Å². The van der Waals surface area contributed by atoms with Gasteiger partial charge in [0, 0.05) is 26.2 Å². The summed E-state index contributed by atoms with van der Waals surface area (Å²) >= 11 is 0. The zero-order valence-electron chi connectivity index (χ0n) is 12.7. The molecule has 0 unspecified atom stereocenters. The van der Waals surface area contributed by atoms with Gasteiger partial charge in [0.2, 0.25) is 0 Å². The molecule has 5 nitrogen and oxygen atoms in total. The summed E-state index contributed by atoms with van der Waals surface area (Å²) < 4.78 is 2.14. The normalized spacial score (nSPS) is 11.4. The molecule has 2 aromatic rings. The fourth-order valence-electron chi connectivity index (χ4n) is 2.44. The minimum absolute atomic E-state index is 0.640. The lowest BCUT2D eigenvalue weighted by Crippen LogP contribution is -2.24. The van der Waals surface area contributed by atoms with Crippen molar-refractivity contribution in [3.8, 4) is 0 Å². The van der Waals surface area contributed by atoms with Crippen molar-refractivity contribution in [1.29, 1.82) is 0 Å². The molecular weight excluding hydrogens is 250 g/mol. The summed E-state index contributed by atoms with van der Waals surface area (Å²) in [5.74, 6) is 1.06. The maximum absolute atomic E-state index is 5.75. The van der Waals surface area contributed by atoms with Crippen LogP contribution < -0.4 is 10.6 Å². The molecule has 0 spiro atoms. The van der Waals surface area contributed by atoms with Crippen LogP contribution in [0, 0.1) is 0 Å². The minimum Gasteiger partial charge on any atom is -0.358 e. The molecule has 0 atom stereocenters. The number of pyridine rings is 1. The summed E-state index contributed by atoms with van der Waals surface area (Å²) in [6, 6.07) is 6.09. The highest BCUT2D eigenvalue weighted by Crippen LogP contribution is 2.21. The molecule has 0 saturated carbocycles. The van der Waals surface area contributed by atoms with E-state index >= 15 is 0 Å². The summed E-state index contributed by atoms with van der Waals surface area (Å²) in [5.41, 5.74) is 7.95. The maximum Gasteiger partial charge on any atom is 0.150 e. The average Bonchev–Trinajstić information content (AvgIpc) is 2.78. The lowest BCUT2D eigenvalue weighted by Gasteiger charge is -2.19. The van der Waals surface area contributed by atoms with Gasteiger partial charge in [0.15, 0.2) is 5.82 Å². The number of anilines is 1. The van der Waals surface area contributed by atoms with Crippen LogP contribution in [0.3, 0.4) is 0 Å². The van der Waals surface area contributed by atoms with E-state index in [1.165, 1.54) is 5.69 Å². The largest absolute Gasteiger partial charge is 0.358 e. The van der Waals surface area contributed by atoms with Crippen LogP contribution in [0.4, 0.5) is 5.82 Å². The van der Waals surface area contributed by atoms with Gasteiger partial charge in [-0.1, -0.05) is 6.07 Å². The van der Waals surface area contributed by atoms with Gasteiger partial charge in [0.1, 0.15) is 5.65 Å². The van der Waals surface area contributed by atoms with Crippen molar-refractivity contribution in [2.24, 2.45) is 5.73 Å². The van der Waals surface area contributed by atoms with Crippen molar-refractivity contribution in [2.75, 3.05) is 45.7 Å². The molecule has 2 heterocycles. The van der Waals surface area contributed by atoms with Crippen molar-refractivity contribution in [1.82, 2.24) is 14.3 Å². The van der Waals surface area contributed by atoms with E-state index in [2.05, 4.69) is 41.5 Å². The molecular formula is C15H25N5. The van der Waals surface area contributed by atoms with E-state index in [0.29, 0.717) is 6.54 Å². The second-order valence-electron chi connectivity index (χ2n) is 5.43. The fourth-order valence-corrected chi connectivity index (χ4v) is 2.44. The molecule has 0 bridgehead atoms. The Morgan fingerprint density at radius 1 is 1.20 bits per heavy atom. The first-order chi connectivity index (χ1) is 9.63. The third kappa shape index (κ3) is 3.29. The van der Waals surface area contributed by atoms with Gasteiger partial charge in [-0.25, -0.2) is 4.98 Å². The SMILES string of the molecule is CN(C)CCCN(C)c1nc2ccccn2c1CCN. The highest BCUT2D eigenvalue weighted by Gasteiger charge is 2.14. The van der Waals surface area contributed by atoms with E-state index < -0.39 is 0 Å². The number of hydrogen-bond donors (Lipinski definition) is 1. The molecule has 5 heteroatoms. The minimum atomic E-state index is 0.640. The van der Waals surface area contributed by atoms with Crippen LogP contribution in [0.5, 0.6) is 0 Å². The molecule has 0 amide bonds. The first-order valence-electron chi connectivity index (χ1n) is 7.15. The number of rotatable bonds is 7. The summed E-state index contributed by atoms with van der Waals surface area (Å²) in [5, 5.41) is 0. The Kier molecular flexibility index (Phi) is 4.98. The number of aromatic nitrogens is 2. The van der Waals surface area contributed by atoms with E-state index in [-0.39, 0.29) is 0 Å². The van der Waals surface area contributed by atoms with Gasteiger partial charge in [-0.2, -0.15) is 0 Å². The third-order valence-electron chi connectivity index (χ3n) is 3.45. The van der Waals surface area contributed by atoms with Gasteiger partial charge in [0.25, 0.3) is 0 Å². The number of nitrogens with two attached hydrogens (primary N) is 1. The predicted octanol–water partition coefficient (Wildman–Crippen LogP) is 1.22. The molecule has 0 aliphatic rings. The zero-order chi connectivity index (χ0) is 14.5. The zero-order valence-corrected chi connectivity index (χ0v) is 12.7. The lowest BCUT2D eigenvalue weighted by atomic mass is 10.3. The van der Waals surface area contributed by atoms with Crippen molar-refractivity contribution in [3.63, 3.8) is 0 Å². The number of nitrogens with zero attached hydrogens (tertiary/aromatic N) is 4. The molecule has 0 radical (unpaired) electrons. The third-order valence-corrected chi connectivity index (χ3v) is 3.45. The molecule has 0 aliphatic heterocycles. The van der Waals surface area contributed by atoms with Gasteiger partial charge < -0.3 is 19.9 Å². The standard InChI is InChI=1S/C15H25N5/c1-18(2)10-6-11-19(3)15-13(8-9-16)20-12-5-4-7-14(20)17-15/h4-5,7,12H,6,8-11,16H2,1-3H3. The van der Waals surface area contributed by atoms with Gasteiger partial charge in [-0.05, 0) is 45.7 Å². The fraction of sp³-hybridized carbons (Fsp3) is 0.533. The monoisotopic (exact) mass is 275 g/mol. The van der Waals surface area contributed by atoms with Gasteiger partial charge in [-0.3, -0.25) is 0 Å². The smallest absolute Gasteiger partial charge is 0.150 e. The predicted molar refractivity (Wildman–Crippen MR) is 84.4 cm³/mol. The Morgan fingerprint density at radius 2 is 2.00 bits per heavy atom. The Labute approximate surface area is 121 Å². The maximum atomic E-state index is 5.75. The van der Waals surface area contributed by atoms with Crippen LogP contribution >= 0.6 is 0 Å². The Morgan fingerprint density at radius 3 is 2.70 bits per heavy atom. The number of hydrogen-bond acceptors (Lipinski definition) is 4. The van der Waals surface area contributed by atoms with Crippen LogP contribution in [0.2, 0.25) is 0 Å². The molecule has 2 rings (SSSR count). The van der Waals surface area contributed by atoms with E-state index in [9.17, 15) is 0 Å². The second-order valence-corrected chi connectivity index (χ2v) is 5.43. The van der Waals surface area contributed by atoms with Gasteiger partial charge in [0.05, 0.1) is 5.69 Å². The van der Waals surface area contributed by atoms with Crippen LogP contribution in [-0.4, -0.2) is 55.1 Å². The molecule has 0 aromatic carbocycles. The Hall–Kier alpha value is -1.59. The lowest BCUT2D eigenvalue weighted by molar-refractivity contribution is 0.401. The average molecular weight is 275 g/mol. The topological polar surface area (TPSA) is 49.8 Å². The van der Waals surface area contributed by atoms with Gasteiger partial charge >= 0.3 is 0 Å². The molecule has 0 fully saturated rings. The van der Waals surface area contributed by atoms with Crippen molar-refractivity contribution in [2.45, 2.75) is 12.8 Å². The van der Waals surface area contributed by atoms with Crippen LogP contribution in [0.1, 0.15) is 12.1 Å². The Bertz CT molecular complexity index is 546. The van der Waals surface area contributed by atoms with Crippen molar-refractivity contribution < 1.29 is 0 Å².